The first-order valence-electron chi connectivity index (χ1n) is 4.32. The van der Waals surface area contributed by atoms with E-state index in [0.717, 1.165) is 0 Å². The number of alkyl halides is 3. The Morgan fingerprint density at radius 3 is 2.27 bits per heavy atom. The zero-order valence-electron chi connectivity index (χ0n) is 7.80. The molecule has 1 N–H and O–H groups in total. The van der Waals surface area contributed by atoms with Crippen LogP contribution in [0.25, 0.3) is 0 Å². The molecular weight excluding hydrogens is 205 g/mol. The molecule has 0 bridgehead atoms. The van der Waals surface area contributed by atoms with Crippen LogP contribution in [0.4, 0.5) is 18.9 Å². The van der Waals surface area contributed by atoms with Gasteiger partial charge >= 0.3 is 6.18 Å². The largest absolute Gasteiger partial charge is 0.390 e. The maximum Gasteiger partial charge on any atom is 0.390 e. The number of benzene rings is 1. The summed E-state index contributed by atoms with van der Waals surface area (Å²) in [7, 11) is 0. The molecule has 0 amide bonds. The highest BCUT2D eigenvalue weighted by molar-refractivity contribution is 5.46. The maximum absolute atomic E-state index is 11.8. The Morgan fingerprint density at radius 1 is 1.20 bits per heavy atom. The second kappa shape index (κ2) is 4.69. The molecule has 15 heavy (non-hydrogen) atoms. The van der Waals surface area contributed by atoms with Crippen molar-refractivity contribution in [2.75, 3.05) is 11.9 Å². The van der Waals surface area contributed by atoms with Crippen molar-refractivity contribution in [3.63, 3.8) is 0 Å². The molecule has 0 radical (unpaired) electrons. The summed E-state index contributed by atoms with van der Waals surface area (Å²) in [5.41, 5.74) is 1.06. The molecule has 1 rings (SSSR count). The summed E-state index contributed by atoms with van der Waals surface area (Å²) in [6.07, 6.45) is -5.01. The van der Waals surface area contributed by atoms with Gasteiger partial charge in [-0.1, -0.05) is 0 Å². The first-order chi connectivity index (χ1) is 7.01. The van der Waals surface area contributed by atoms with Crippen LogP contribution in [0, 0.1) is 11.3 Å². The van der Waals surface area contributed by atoms with Crippen molar-refractivity contribution in [1.29, 1.82) is 5.26 Å². The van der Waals surface area contributed by atoms with E-state index < -0.39 is 12.6 Å². The van der Waals surface area contributed by atoms with Gasteiger partial charge in [0, 0.05) is 12.2 Å². The van der Waals surface area contributed by atoms with E-state index in [-0.39, 0.29) is 6.54 Å². The standard InChI is InChI=1S/C10H9F3N2/c11-10(12,13)5-6-15-9-3-1-8(7-14)2-4-9/h1-4,15H,5-6H2. The van der Waals surface area contributed by atoms with Crippen molar-refractivity contribution in [3.8, 4) is 6.07 Å². The molecule has 1 aromatic carbocycles. The first-order valence-corrected chi connectivity index (χ1v) is 4.32. The molecule has 0 spiro atoms. The number of nitrogens with one attached hydrogen (secondary N) is 1. The number of anilines is 1. The Bertz CT molecular complexity index is 348. The molecule has 2 nitrogen and oxygen atoms in total. The molecule has 0 saturated heterocycles. The van der Waals surface area contributed by atoms with Crippen LogP contribution in [0.1, 0.15) is 12.0 Å². The van der Waals surface area contributed by atoms with Gasteiger partial charge in [-0.3, -0.25) is 0 Å². The number of rotatable bonds is 3. The van der Waals surface area contributed by atoms with Crippen molar-refractivity contribution in [3.05, 3.63) is 29.8 Å². The van der Waals surface area contributed by atoms with E-state index in [1.807, 2.05) is 6.07 Å². The van der Waals surface area contributed by atoms with Crippen LogP contribution in [0.5, 0.6) is 0 Å². The van der Waals surface area contributed by atoms with Gasteiger partial charge in [0.05, 0.1) is 18.1 Å². The van der Waals surface area contributed by atoms with Gasteiger partial charge in [0.25, 0.3) is 0 Å². The van der Waals surface area contributed by atoms with Gasteiger partial charge in [0.2, 0.25) is 0 Å². The van der Waals surface area contributed by atoms with Crippen molar-refractivity contribution in [2.24, 2.45) is 0 Å². The van der Waals surface area contributed by atoms with Crippen LogP contribution in [0.2, 0.25) is 0 Å². The van der Waals surface area contributed by atoms with Gasteiger partial charge in [0.1, 0.15) is 0 Å². The summed E-state index contributed by atoms with van der Waals surface area (Å²) >= 11 is 0. The molecular formula is C10H9F3N2. The number of nitrogens with zero attached hydrogens (tertiary/aromatic N) is 1. The van der Waals surface area contributed by atoms with E-state index in [4.69, 9.17) is 5.26 Å². The van der Waals surface area contributed by atoms with Crippen molar-refractivity contribution in [1.82, 2.24) is 0 Å². The molecule has 1 aromatic rings. The van der Waals surface area contributed by atoms with Gasteiger partial charge in [-0.25, -0.2) is 0 Å². The third kappa shape index (κ3) is 4.36. The smallest absolute Gasteiger partial charge is 0.385 e. The molecule has 80 valence electrons. The van der Waals surface area contributed by atoms with Crippen LogP contribution in [0.15, 0.2) is 24.3 Å². The fourth-order valence-corrected chi connectivity index (χ4v) is 1.01. The highest BCUT2D eigenvalue weighted by Gasteiger charge is 2.25. The fraction of sp³-hybridized carbons (Fsp3) is 0.300. The van der Waals surface area contributed by atoms with Gasteiger partial charge < -0.3 is 5.32 Å². The summed E-state index contributed by atoms with van der Waals surface area (Å²) < 4.78 is 35.4. The zero-order valence-corrected chi connectivity index (χ0v) is 7.80. The van der Waals surface area contributed by atoms with Crippen LogP contribution in [-0.4, -0.2) is 12.7 Å². The maximum atomic E-state index is 11.8. The lowest BCUT2D eigenvalue weighted by atomic mass is 10.2. The minimum Gasteiger partial charge on any atom is -0.385 e. The molecule has 0 aliphatic rings. The van der Waals surface area contributed by atoms with Crippen LogP contribution in [0.3, 0.4) is 0 Å². The Hall–Kier alpha value is -1.70. The molecule has 0 saturated carbocycles. The van der Waals surface area contributed by atoms with Crippen LogP contribution in [-0.2, 0) is 0 Å². The average molecular weight is 214 g/mol. The van der Waals surface area contributed by atoms with Crippen LogP contribution < -0.4 is 5.32 Å². The average Bonchev–Trinajstić information content (AvgIpc) is 2.17. The summed E-state index contributed by atoms with van der Waals surface area (Å²) in [5, 5.41) is 11.1. The van der Waals surface area contributed by atoms with E-state index in [9.17, 15) is 13.2 Å². The fourth-order valence-electron chi connectivity index (χ4n) is 1.01. The van der Waals surface area contributed by atoms with Gasteiger partial charge in [-0.05, 0) is 24.3 Å². The minimum absolute atomic E-state index is 0.157. The molecule has 0 fully saturated rings. The van der Waals surface area contributed by atoms with Crippen molar-refractivity contribution in [2.45, 2.75) is 12.6 Å². The second-order valence-corrected chi connectivity index (χ2v) is 2.98. The van der Waals surface area contributed by atoms with Crippen molar-refractivity contribution >= 4 is 5.69 Å². The first kappa shape index (κ1) is 11.4. The highest BCUT2D eigenvalue weighted by Crippen LogP contribution is 2.19. The molecule has 0 atom stereocenters. The molecule has 0 aliphatic heterocycles. The van der Waals surface area contributed by atoms with E-state index in [0.29, 0.717) is 11.3 Å². The number of hydrogen-bond donors (Lipinski definition) is 1. The molecule has 5 heteroatoms. The van der Waals surface area contributed by atoms with Crippen LogP contribution >= 0.6 is 0 Å². The summed E-state index contributed by atoms with van der Waals surface area (Å²) in [6, 6.07) is 8.19. The SMILES string of the molecule is N#Cc1ccc(NCCC(F)(F)F)cc1. The predicted molar refractivity (Wildman–Crippen MR) is 50.3 cm³/mol. The third-order valence-electron chi connectivity index (χ3n) is 1.75. The molecule has 0 heterocycles. The summed E-state index contributed by atoms with van der Waals surface area (Å²) in [4.78, 5) is 0. The number of hydrogen-bond acceptors (Lipinski definition) is 2. The number of nitriles is 1. The van der Waals surface area contributed by atoms with Gasteiger partial charge in [-0.15, -0.1) is 0 Å². The Kier molecular flexibility index (Phi) is 3.56. The monoisotopic (exact) mass is 214 g/mol. The molecule has 0 aromatic heterocycles. The minimum atomic E-state index is -4.14. The van der Waals surface area contributed by atoms with Gasteiger partial charge in [-0.2, -0.15) is 18.4 Å². The van der Waals surface area contributed by atoms with E-state index in [1.54, 1.807) is 24.3 Å². The highest BCUT2D eigenvalue weighted by atomic mass is 19.4. The summed E-state index contributed by atoms with van der Waals surface area (Å²) in [6.45, 7) is -0.157. The second-order valence-electron chi connectivity index (χ2n) is 2.98. The Labute approximate surface area is 85.3 Å². The summed E-state index contributed by atoms with van der Waals surface area (Å²) in [5.74, 6) is 0. The van der Waals surface area contributed by atoms with E-state index in [2.05, 4.69) is 5.32 Å². The number of halogens is 3. The predicted octanol–water partition coefficient (Wildman–Crippen LogP) is 2.92. The molecule has 0 aliphatic carbocycles. The van der Waals surface area contributed by atoms with E-state index >= 15 is 0 Å². The third-order valence-corrected chi connectivity index (χ3v) is 1.75. The topological polar surface area (TPSA) is 35.8 Å². The Balaban J connectivity index is 2.42. The zero-order chi connectivity index (χ0) is 11.3. The lowest BCUT2D eigenvalue weighted by Gasteiger charge is -2.08. The lowest BCUT2D eigenvalue weighted by molar-refractivity contribution is -0.131. The van der Waals surface area contributed by atoms with Gasteiger partial charge in [0.15, 0.2) is 0 Å². The Morgan fingerprint density at radius 2 is 1.80 bits per heavy atom. The van der Waals surface area contributed by atoms with E-state index in [1.165, 1.54) is 0 Å². The normalized spacial score (nSPS) is 10.8. The van der Waals surface area contributed by atoms with Crippen molar-refractivity contribution < 1.29 is 13.2 Å². The molecule has 0 unspecified atom stereocenters. The lowest BCUT2D eigenvalue weighted by Crippen LogP contribution is -2.14. The quantitative estimate of drug-likeness (QED) is 0.839.